The molecule has 100 valence electrons. The Bertz CT molecular complexity index is 403. The van der Waals surface area contributed by atoms with Gasteiger partial charge >= 0.3 is 18.5 Å². The Balaban J connectivity index is 2.75. The van der Waals surface area contributed by atoms with Crippen molar-refractivity contribution in [2.24, 2.45) is 0 Å². The Hall–Kier alpha value is -1.79. The molecule has 0 heterocycles. The first-order chi connectivity index (χ1) is 8.36. The van der Waals surface area contributed by atoms with Crippen LogP contribution in [0, 0.1) is 0 Å². The van der Waals surface area contributed by atoms with Crippen molar-refractivity contribution in [1.82, 2.24) is 0 Å². The fourth-order valence-corrected chi connectivity index (χ4v) is 1.08. The quantitative estimate of drug-likeness (QED) is 0.606. The van der Waals surface area contributed by atoms with Crippen molar-refractivity contribution in [3.05, 3.63) is 29.8 Å². The number of esters is 1. The van der Waals surface area contributed by atoms with Gasteiger partial charge in [0.1, 0.15) is 5.75 Å². The number of carbonyl (C=O) groups is 1. The summed E-state index contributed by atoms with van der Waals surface area (Å²) in [5.74, 6) is -1.10. The Morgan fingerprint density at radius 3 is 2.28 bits per heavy atom. The van der Waals surface area contributed by atoms with Gasteiger partial charge in [0, 0.05) is 0 Å². The summed E-state index contributed by atoms with van der Waals surface area (Å²) in [5, 5.41) is 0. The number of rotatable bonds is 5. The molecule has 0 aliphatic rings. The summed E-state index contributed by atoms with van der Waals surface area (Å²) < 4.78 is 57.3. The highest BCUT2D eigenvalue weighted by atomic mass is 19.3. The maximum atomic E-state index is 12.5. The number of benzene rings is 1. The first-order valence-electron chi connectivity index (χ1n) is 4.99. The van der Waals surface area contributed by atoms with Crippen molar-refractivity contribution in [1.29, 1.82) is 0 Å². The molecule has 0 saturated heterocycles. The number of halogens is 4. The molecule has 0 spiro atoms. The third-order valence-corrected chi connectivity index (χ3v) is 1.87. The van der Waals surface area contributed by atoms with Crippen molar-refractivity contribution >= 4 is 5.97 Å². The minimum Gasteiger partial charge on any atom is -0.462 e. The minimum atomic E-state index is -4.56. The standard InChI is InChI=1S/C11H10F4O3/c1-2-17-9(16)7-3-5-8(6-4-7)18-11(14,15)10(12)13/h3-6,10H,2H2,1H3. The molecular formula is C11H10F4O3. The van der Waals surface area contributed by atoms with E-state index >= 15 is 0 Å². The molecule has 7 heteroatoms. The van der Waals surface area contributed by atoms with Gasteiger partial charge in [-0.3, -0.25) is 0 Å². The third-order valence-electron chi connectivity index (χ3n) is 1.87. The number of ether oxygens (including phenoxy) is 2. The molecule has 0 N–H and O–H groups in total. The molecule has 0 atom stereocenters. The zero-order chi connectivity index (χ0) is 13.8. The highest BCUT2D eigenvalue weighted by molar-refractivity contribution is 5.89. The van der Waals surface area contributed by atoms with Crippen LogP contribution in [0.5, 0.6) is 5.75 Å². The van der Waals surface area contributed by atoms with E-state index in [0.29, 0.717) is 0 Å². The molecule has 3 nitrogen and oxygen atoms in total. The zero-order valence-corrected chi connectivity index (χ0v) is 9.33. The molecule has 0 bridgehead atoms. The van der Waals surface area contributed by atoms with Crippen LogP contribution in [0.25, 0.3) is 0 Å². The summed E-state index contributed by atoms with van der Waals surface area (Å²) in [6, 6.07) is 4.27. The highest BCUT2D eigenvalue weighted by Gasteiger charge is 2.43. The van der Waals surface area contributed by atoms with Gasteiger partial charge in [-0.05, 0) is 31.2 Å². The molecule has 18 heavy (non-hydrogen) atoms. The summed E-state index contributed by atoms with van der Waals surface area (Å²) in [5.41, 5.74) is 0.115. The van der Waals surface area contributed by atoms with Crippen LogP contribution in [0.2, 0.25) is 0 Å². The van der Waals surface area contributed by atoms with Crippen molar-refractivity contribution in [3.63, 3.8) is 0 Å². The molecule has 0 aliphatic heterocycles. The smallest absolute Gasteiger partial charge is 0.461 e. The lowest BCUT2D eigenvalue weighted by Crippen LogP contribution is -2.33. The van der Waals surface area contributed by atoms with Crippen LogP contribution in [-0.2, 0) is 4.74 Å². The molecule has 1 aromatic carbocycles. The molecule has 0 saturated carbocycles. The molecule has 0 fully saturated rings. The lowest BCUT2D eigenvalue weighted by molar-refractivity contribution is -0.253. The molecule has 0 aliphatic carbocycles. The molecule has 0 aromatic heterocycles. The Labute approximate surface area is 100 Å². The maximum Gasteiger partial charge on any atom is 0.461 e. The van der Waals surface area contributed by atoms with Crippen LogP contribution >= 0.6 is 0 Å². The van der Waals surface area contributed by atoms with Crippen LogP contribution in [-0.4, -0.2) is 25.1 Å². The topological polar surface area (TPSA) is 35.5 Å². The summed E-state index contributed by atoms with van der Waals surface area (Å²) >= 11 is 0. The Kier molecular flexibility index (Phi) is 4.52. The molecule has 0 amide bonds. The number of hydrogen-bond donors (Lipinski definition) is 0. The first kappa shape index (κ1) is 14.3. The Morgan fingerprint density at radius 2 is 1.83 bits per heavy atom. The maximum absolute atomic E-state index is 12.5. The second kappa shape index (κ2) is 5.70. The van der Waals surface area contributed by atoms with Gasteiger partial charge in [-0.1, -0.05) is 0 Å². The van der Waals surface area contributed by atoms with Crippen LogP contribution in [0.4, 0.5) is 17.6 Å². The SMILES string of the molecule is CCOC(=O)c1ccc(OC(F)(F)C(F)F)cc1. The third kappa shape index (κ3) is 3.61. The van der Waals surface area contributed by atoms with Gasteiger partial charge in [-0.25, -0.2) is 4.79 Å². The van der Waals surface area contributed by atoms with Crippen LogP contribution in [0.3, 0.4) is 0 Å². The Morgan fingerprint density at radius 1 is 1.28 bits per heavy atom. The van der Waals surface area contributed by atoms with Gasteiger partial charge in [0.05, 0.1) is 12.2 Å². The summed E-state index contributed by atoms with van der Waals surface area (Å²) in [4.78, 5) is 11.2. The highest BCUT2D eigenvalue weighted by Crippen LogP contribution is 2.27. The van der Waals surface area contributed by atoms with E-state index in [2.05, 4.69) is 9.47 Å². The molecule has 0 unspecified atom stereocenters. The summed E-state index contributed by atoms with van der Waals surface area (Å²) in [6.45, 7) is 1.78. The van der Waals surface area contributed by atoms with E-state index in [1.165, 1.54) is 0 Å². The van der Waals surface area contributed by atoms with Crippen molar-refractivity contribution in [2.45, 2.75) is 19.5 Å². The predicted molar refractivity (Wildman–Crippen MR) is 54.0 cm³/mol. The summed E-state index contributed by atoms with van der Waals surface area (Å²) in [6.07, 6.45) is -8.49. The number of carbonyl (C=O) groups excluding carboxylic acids is 1. The predicted octanol–water partition coefficient (Wildman–Crippen LogP) is 3.10. The number of alkyl halides is 4. The lowest BCUT2D eigenvalue weighted by atomic mass is 10.2. The van der Waals surface area contributed by atoms with Crippen LogP contribution in [0.1, 0.15) is 17.3 Å². The fourth-order valence-electron chi connectivity index (χ4n) is 1.08. The van der Waals surface area contributed by atoms with Gasteiger partial charge < -0.3 is 9.47 Å². The van der Waals surface area contributed by atoms with Gasteiger partial charge in [0.15, 0.2) is 0 Å². The lowest BCUT2D eigenvalue weighted by Gasteiger charge is -2.16. The van der Waals surface area contributed by atoms with E-state index in [0.717, 1.165) is 24.3 Å². The first-order valence-corrected chi connectivity index (χ1v) is 4.99. The molecule has 0 radical (unpaired) electrons. The second-order valence-corrected chi connectivity index (χ2v) is 3.21. The van der Waals surface area contributed by atoms with Crippen molar-refractivity contribution in [2.75, 3.05) is 6.61 Å². The average Bonchev–Trinajstić information content (AvgIpc) is 2.29. The van der Waals surface area contributed by atoms with Gasteiger partial charge in [-0.2, -0.15) is 17.6 Å². The van der Waals surface area contributed by atoms with Crippen molar-refractivity contribution < 1.29 is 31.8 Å². The normalized spacial score (nSPS) is 11.4. The van der Waals surface area contributed by atoms with E-state index in [1.54, 1.807) is 6.92 Å². The number of hydrogen-bond acceptors (Lipinski definition) is 3. The fraction of sp³-hybridized carbons (Fsp3) is 0.364. The van der Waals surface area contributed by atoms with E-state index in [9.17, 15) is 22.4 Å². The molecule has 1 rings (SSSR count). The van der Waals surface area contributed by atoms with Gasteiger partial charge in [-0.15, -0.1) is 0 Å². The van der Waals surface area contributed by atoms with Crippen LogP contribution < -0.4 is 4.74 Å². The largest absolute Gasteiger partial charge is 0.462 e. The van der Waals surface area contributed by atoms with Crippen LogP contribution in [0.15, 0.2) is 24.3 Å². The second-order valence-electron chi connectivity index (χ2n) is 3.21. The van der Waals surface area contributed by atoms with E-state index in [4.69, 9.17) is 0 Å². The van der Waals surface area contributed by atoms with Gasteiger partial charge in [0.2, 0.25) is 0 Å². The van der Waals surface area contributed by atoms with E-state index < -0.39 is 24.3 Å². The summed E-state index contributed by atoms with van der Waals surface area (Å²) in [7, 11) is 0. The minimum absolute atomic E-state index is 0.115. The van der Waals surface area contributed by atoms with Crippen molar-refractivity contribution in [3.8, 4) is 5.75 Å². The van der Waals surface area contributed by atoms with E-state index in [1.807, 2.05) is 0 Å². The van der Waals surface area contributed by atoms with Gasteiger partial charge in [0.25, 0.3) is 0 Å². The molecular weight excluding hydrogens is 256 g/mol. The molecule has 1 aromatic rings. The average molecular weight is 266 g/mol. The monoisotopic (exact) mass is 266 g/mol. The zero-order valence-electron chi connectivity index (χ0n) is 9.33. The van der Waals surface area contributed by atoms with E-state index in [-0.39, 0.29) is 12.2 Å².